The van der Waals surface area contributed by atoms with Gasteiger partial charge in [-0.3, -0.25) is 0 Å². The Balaban J connectivity index is 1.89. The van der Waals surface area contributed by atoms with Crippen LogP contribution in [0.1, 0.15) is 41.8 Å². The van der Waals surface area contributed by atoms with Gasteiger partial charge in [-0.1, -0.05) is 30.3 Å². The molecule has 1 aromatic heterocycles. The molecule has 0 radical (unpaired) electrons. The fourth-order valence-electron chi connectivity index (χ4n) is 2.20. The van der Waals surface area contributed by atoms with Gasteiger partial charge in [-0.15, -0.1) is 0 Å². The quantitative estimate of drug-likeness (QED) is 0.787. The third-order valence-electron chi connectivity index (χ3n) is 3.37. The van der Waals surface area contributed by atoms with Crippen LogP contribution in [0.25, 0.3) is 0 Å². The van der Waals surface area contributed by atoms with Crippen LogP contribution in [-0.2, 0) is 10.2 Å². The van der Waals surface area contributed by atoms with Gasteiger partial charge in [-0.05, 0) is 30.5 Å². The van der Waals surface area contributed by atoms with E-state index in [4.69, 9.17) is 9.26 Å². The molecular formula is C14H14N2O3. The highest BCUT2D eigenvalue weighted by Gasteiger charge is 2.51. The van der Waals surface area contributed by atoms with Crippen molar-refractivity contribution in [2.24, 2.45) is 0 Å². The summed E-state index contributed by atoms with van der Waals surface area (Å²) in [5.41, 5.74) is 0.938. The Labute approximate surface area is 110 Å². The molecule has 3 rings (SSSR count). The molecule has 1 aromatic carbocycles. The lowest BCUT2D eigenvalue weighted by Gasteiger charge is -2.09. The first kappa shape index (κ1) is 11.9. The molecule has 0 bridgehead atoms. The van der Waals surface area contributed by atoms with E-state index < -0.39 is 5.97 Å². The monoisotopic (exact) mass is 258 g/mol. The Kier molecular flexibility index (Phi) is 2.81. The van der Waals surface area contributed by atoms with Crippen LogP contribution in [0.5, 0.6) is 0 Å². The van der Waals surface area contributed by atoms with Gasteiger partial charge in [0.15, 0.2) is 0 Å². The van der Waals surface area contributed by atoms with Gasteiger partial charge in [-0.25, -0.2) is 4.79 Å². The van der Waals surface area contributed by atoms with Gasteiger partial charge in [0.2, 0.25) is 5.89 Å². The Morgan fingerprint density at radius 1 is 1.37 bits per heavy atom. The van der Waals surface area contributed by atoms with Gasteiger partial charge < -0.3 is 9.26 Å². The van der Waals surface area contributed by atoms with E-state index in [-0.39, 0.29) is 11.2 Å². The number of nitrogens with zero attached hydrogens (tertiary/aromatic N) is 2. The zero-order valence-electron chi connectivity index (χ0n) is 10.6. The average molecular weight is 258 g/mol. The molecule has 1 saturated carbocycles. The predicted molar refractivity (Wildman–Crippen MR) is 66.7 cm³/mol. The van der Waals surface area contributed by atoms with Crippen molar-refractivity contribution < 1.29 is 14.1 Å². The van der Waals surface area contributed by atoms with E-state index in [0.717, 1.165) is 18.4 Å². The zero-order chi connectivity index (χ0) is 13.3. The number of ether oxygens (including phenoxy) is 1. The van der Waals surface area contributed by atoms with Crippen LogP contribution in [-0.4, -0.2) is 22.7 Å². The largest absolute Gasteiger partial charge is 0.460 e. The molecule has 1 heterocycles. The number of hydrogen-bond donors (Lipinski definition) is 0. The first-order valence-electron chi connectivity index (χ1n) is 6.33. The minimum Gasteiger partial charge on any atom is -0.460 e. The van der Waals surface area contributed by atoms with Gasteiger partial charge in [0.1, 0.15) is 0 Å². The van der Waals surface area contributed by atoms with E-state index in [9.17, 15) is 4.79 Å². The molecule has 1 aliphatic rings. The Hall–Kier alpha value is -2.17. The normalized spacial score (nSPS) is 16.1. The summed E-state index contributed by atoms with van der Waals surface area (Å²) in [6.07, 6.45) is 1.92. The van der Waals surface area contributed by atoms with Crippen molar-refractivity contribution in [3.63, 3.8) is 0 Å². The number of carbonyl (C=O) groups is 1. The van der Waals surface area contributed by atoms with Crippen LogP contribution in [0, 0.1) is 0 Å². The molecule has 0 aliphatic heterocycles. The average Bonchev–Trinajstić information content (AvgIpc) is 3.10. The van der Waals surface area contributed by atoms with Crippen LogP contribution < -0.4 is 0 Å². The highest BCUT2D eigenvalue weighted by molar-refractivity contribution is 5.84. The third-order valence-corrected chi connectivity index (χ3v) is 3.37. The van der Waals surface area contributed by atoms with Crippen LogP contribution >= 0.6 is 0 Å². The number of aromatic nitrogens is 2. The summed E-state index contributed by atoms with van der Waals surface area (Å²) in [7, 11) is 0. The first-order chi connectivity index (χ1) is 9.26. The number of rotatable bonds is 4. The summed E-state index contributed by atoms with van der Waals surface area (Å²) in [5.74, 6) is -0.0397. The zero-order valence-corrected chi connectivity index (χ0v) is 10.6. The lowest BCUT2D eigenvalue weighted by atomic mass is 9.96. The first-order valence-corrected chi connectivity index (χ1v) is 6.33. The Morgan fingerprint density at radius 3 is 2.74 bits per heavy atom. The maximum Gasteiger partial charge on any atom is 0.379 e. The van der Waals surface area contributed by atoms with Crippen LogP contribution in [0.15, 0.2) is 34.9 Å². The molecule has 5 nitrogen and oxygen atoms in total. The minimum absolute atomic E-state index is 0.000874. The molecule has 19 heavy (non-hydrogen) atoms. The second-order valence-electron chi connectivity index (χ2n) is 4.59. The maximum absolute atomic E-state index is 11.5. The summed E-state index contributed by atoms with van der Waals surface area (Å²) >= 11 is 0. The molecule has 5 heteroatoms. The van der Waals surface area contributed by atoms with Crippen molar-refractivity contribution in [2.45, 2.75) is 25.2 Å². The van der Waals surface area contributed by atoms with Crippen molar-refractivity contribution in [1.82, 2.24) is 10.1 Å². The van der Waals surface area contributed by atoms with Crippen molar-refractivity contribution in [1.29, 1.82) is 0 Å². The SMILES string of the molecule is CCOC(=O)c1noc(C2(c3ccccc3)CC2)n1. The van der Waals surface area contributed by atoms with Gasteiger partial charge in [0, 0.05) is 0 Å². The smallest absolute Gasteiger partial charge is 0.379 e. The Bertz CT molecular complexity index is 588. The molecule has 98 valence electrons. The molecule has 0 amide bonds. The Morgan fingerprint density at radius 2 is 2.11 bits per heavy atom. The van der Waals surface area contributed by atoms with Crippen molar-refractivity contribution in [2.75, 3.05) is 6.61 Å². The summed E-state index contributed by atoms with van der Waals surface area (Å²) in [6.45, 7) is 2.04. The van der Waals surface area contributed by atoms with Crippen molar-refractivity contribution >= 4 is 5.97 Å². The highest BCUT2D eigenvalue weighted by Crippen LogP contribution is 2.52. The van der Waals surface area contributed by atoms with Gasteiger partial charge in [0.05, 0.1) is 12.0 Å². The third kappa shape index (κ3) is 2.01. The number of benzene rings is 1. The second kappa shape index (κ2) is 4.50. The molecule has 1 aliphatic carbocycles. The fourth-order valence-corrected chi connectivity index (χ4v) is 2.20. The molecule has 0 spiro atoms. The summed E-state index contributed by atoms with van der Waals surface area (Å²) in [5, 5.41) is 3.71. The second-order valence-corrected chi connectivity index (χ2v) is 4.59. The molecular weight excluding hydrogens is 244 g/mol. The van der Waals surface area contributed by atoms with Crippen LogP contribution in [0.4, 0.5) is 0 Å². The summed E-state index contributed by atoms with van der Waals surface area (Å²) in [6, 6.07) is 10.0. The molecule has 1 fully saturated rings. The van der Waals surface area contributed by atoms with Crippen LogP contribution in [0.3, 0.4) is 0 Å². The van der Waals surface area contributed by atoms with E-state index in [0.29, 0.717) is 12.5 Å². The lowest BCUT2D eigenvalue weighted by Crippen LogP contribution is -2.11. The van der Waals surface area contributed by atoms with Gasteiger partial charge >= 0.3 is 5.97 Å². The highest BCUT2D eigenvalue weighted by atomic mass is 16.5. The van der Waals surface area contributed by atoms with E-state index in [2.05, 4.69) is 10.1 Å². The molecule has 2 aromatic rings. The van der Waals surface area contributed by atoms with E-state index in [1.165, 1.54) is 0 Å². The van der Waals surface area contributed by atoms with Gasteiger partial charge in [-0.2, -0.15) is 4.98 Å². The van der Waals surface area contributed by atoms with Crippen LogP contribution in [0.2, 0.25) is 0 Å². The predicted octanol–water partition coefficient (Wildman–Crippen LogP) is 2.33. The molecule has 0 saturated heterocycles. The van der Waals surface area contributed by atoms with E-state index >= 15 is 0 Å². The molecule has 0 atom stereocenters. The van der Waals surface area contributed by atoms with Crippen molar-refractivity contribution in [3.8, 4) is 0 Å². The summed E-state index contributed by atoms with van der Waals surface area (Å²) in [4.78, 5) is 15.7. The molecule has 0 N–H and O–H groups in total. The van der Waals surface area contributed by atoms with Crippen molar-refractivity contribution in [3.05, 3.63) is 47.6 Å². The fraction of sp³-hybridized carbons (Fsp3) is 0.357. The standard InChI is InChI=1S/C14H14N2O3/c1-2-18-12(17)11-15-13(19-16-11)14(8-9-14)10-6-4-3-5-7-10/h3-7H,2,8-9H2,1H3. The maximum atomic E-state index is 11.5. The van der Waals surface area contributed by atoms with E-state index in [1.807, 2.05) is 30.3 Å². The number of esters is 1. The van der Waals surface area contributed by atoms with Gasteiger partial charge in [0.25, 0.3) is 5.82 Å². The molecule has 0 unspecified atom stereocenters. The lowest BCUT2D eigenvalue weighted by molar-refractivity contribution is 0.0508. The number of carbonyl (C=O) groups excluding carboxylic acids is 1. The summed E-state index contributed by atoms with van der Waals surface area (Å²) < 4.78 is 10.1. The minimum atomic E-state index is -0.540. The topological polar surface area (TPSA) is 65.2 Å². The number of hydrogen-bond acceptors (Lipinski definition) is 5. The van der Waals surface area contributed by atoms with E-state index in [1.54, 1.807) is 6.92 Å².